The second-order valence-electron chi connectivity index (χ2n) is 5.49. The summed E-state index contributed by atoms with van der Waals surface area (Å²) < 4.78 is 13.7. The molecule has 0 saturated carbocycles. The molecule has 3 nitrogen and oxygen atoms in total. The minimum absolute atomic E-state index is 0.0439. The maximum absolute atomic E-state index is 13.7. The van der Waals surface area contributed by atoms with Crippen LogP contribution >= 0.6 is 11.6 Å². The fourth-order valence-electron chi connectivity index (χ4n) is 2.60. The Hall–Kier alpha value is -0.970. The fourth-order valence-corrected chi connectivity index (χ4v) is 2.80. The number of halogens is 2. The quantitative estimate of drug-likeness (QED) is 0.855. The Kier molecular flexibility index (Phi) is 5.13. The first-order chi connectivity index (χ1) is 9.47. The van der Waals surface area contributed by atoms with Crippen molar-refractivity contribution in [3.63, 3.8) is 0 Å². The highest BCUT2D eigenvalue weighted by atomic mass is 35.5. The van der Waals surface area contributed by atoms with Crippen LogP contribution in [0.2, 0.25) is 5.02 Å². The third-order valence-electron chi connectivity index (χ3n) is 3.81. The lowest BCUT2D eigenvalue weighted by Crippen LogP contribution is -2.44. The summed E-state index contributed by atoms with van der Waals surface area (Å²) in [4.78, 5) is 16.7. The van der Waals surface area contributed by atoms with Crippen molar-refractivity contribution in [1.82, 2.24) is 9.80 Å². The monoisotopic (exact) mass is 298 g/mol. The molecule has 1 atom stereocenters. The number of ketones is 1. The van der Waals surface area contributed by atoms with E-state index in [9.17, 15) is 9.18 Å². The lowest BCUT2D eigenvalue weighted by Gasteiger charge is -2.26. The molecule has 0 radical (unpaired) electrons. The predicted molar refractivity (Wildman–Crippen MR) is 78.7 cm³/mol. The first-order valence-corrected chi connectivity index (χ1v) is 7.20. The molecule has 1 aliphatic rings. The molecule has 0 amide bonds. The largest absolute Gasteiger partial charge is 0.304 e. The van der Waals surface area contributed by atoms with Crippen LogP contribution in [0.3, 0.4) is 0 Å². The normalized spacial score (nSPS) is 21.7. The lowest BCUT2D eigenvalue weighted by molar-refractivity contribution is -0.123. The van der Waals surface area contributed by atoms with E-state index in [1.54, 1.807) is 0 Å². The average molecular weight is 299 g/mol. The minimum Gasteiger partial charge on any atom is -0.304 e. The summed E-state index contributed by atoms with van der Waals surface area (Å²) in [6, 6.07) is 4.17. The number of hydrogen-bond acceptors (Lipinski definition) is 3. The Morgan fingerprint density at radius 2 is 2.15 bits per heavy atom. The van der Waals surface area contributed by atoms with Gasteiger partial charge in [0.25, 0.3) is 0 Å². The highest BCUT2D eigenvalue weighted by Crippen LogP contribution is 2.17. The van der Waals surface area contributed by atoms with E-state index >= 15 is 0 Å². The number of nitrogens with zero attached hydrogens (tertiary/aromatic N) is 2. The summed E-state index contributed by atoms with van der Waals surface area (Å²) in [6.45, 7) is 2.57. The van der Waals surface area contributed by atoms with Crippen LogP contribution in [0.25, 0.3) is 0 Å². The zero-order valence-corrected chi connectivity index (χ0v) is 12.7. The van der Waals surface area contributed by atoms with Gasteiger partial charge in [-0.25, -0.2) is 4.39 Å². The maximum atomic E-state index is 13.7. The Morgan fingerprint density at radius 1 is 1.40 bits per heavy atom. The van der Waals surface area contributed by atoms with Crippen LogP contribution < -0.4 is 0 Å². The maximum Gasteiger partial charge on any atom is 0.155 e. The Balaban J connectivity index is 2.11. The van der Waals surface area contributed by atoms with Gasteiger partial charge in [0.1, 0.15) is 5.82 Å². The number of likely N-dealkylation sites (N-methyl/N-ethyl adjacent to an activating group) is 2. The number of carbonyl (C=O) groups excluding carboxylic acids is 1. The van der Waals surface area contributed by atoms with Gasteiger partial charge in [-0.1, -0.05) is 11.6 Å². The van der Waals surface area contributed by atoms with E-state index in [1.165, 1.54) is 18.2 Å². The Bertz CT molecular complexity index is 495. The molecule has 2 rings (SSSR count). The Morgan fingerprint density at radius 3 is 2.90 bits per heavy atom. The smallest absolute Gasteiger partial charge is 0.155 e. The second kappa shape index (κ2) is 6.66. The van der Waals surface area contributed by atoms with Crippen LogP contribution in [0.15, 0.2) is 18.2 Å². The van der Waals surface area contributed by atoms with Gasteiger partial charge in [0, 0.05) is 18.0 Å². The van der Waals surface area contributed by atoms with Gasteiger partial charge < -0.3 is 4.90 Å². The van der Waals surface area contributed by atoms with Gasteiger partial charge in [-0.2, -0.15) is 0 Å². The van der Waals surface area contributed by atoms with Crippen molar-refractivity contribution in [1.29, 1.82) is 0 Å². The van der Waals surface area contributed by atoms with Gasteiger partial charge in [0.05, 0.1) is 6.04 Å². The predicted octanol–water partition coefficient (Wildman–Crippen LogP) is 2.23. The first kappa shape index (κ1) is 15.4. The summed E-state index contributed by atoms with van der Waals surface area (Å²) >= 11 is 5.87. The molecule has 0 N–H and O–H groups in total. The zero-order chi connectivity index (χ0) is 14.7. The molecule has 1 heterocycles. The van der Waals surface area contributed by atoms with E-state index in [1.807, 2.05) is 14.1 Å². The standard InChI is InChI=1S/C15H20ClFN2O/c1-18-6-3-7-19(2)14(10-18)15(20)9-11-8-12(16)4-5-13(11)17/h4-5,8,14H,3,6-7,9-10H2,1-2H3. The highest BCUT2D eigenvalue weighted by molar-refractivity contribution is 6.30. The van der Waals surface area contributed by atoms with Gasteiger partial charge in [0.15, 0.2) is 5.78 Å². The van der Waals surface area contributed by atoms with Crippen molar-refractivity contribution in [2.24, 2.45) is 0 Å². The average Bonchev–Trinajstić information content (AvgIpc) is 2.55. The van der Waals surface area contributed by atoms with Gasteiger partial charge in [-0.05, 0) is 57.4 Å². The molecule has 20 heavy (non-hydrogen) atoms. The van der Waals surface area contributed by atoms with E-state index in [0.29, 0.717) is 17.1 Å². The molecule has 0 aromatic heterocycles. The van der Waals surface area contributed by atoms with E-state index < -0.39 is 0 Å². The van der Waals surface area contributed by atoms with Crippen LogP contribution in [-0.2, 0) is 11.2 Å². The second-order valence-corrected chi connectivity index (χ2v) is 5.93. The van der Waals surface area contributed by atoms with E-state index in [-0.39, 0.29) is 24.1 Å². The number of Topliss-reactive ketones (excluding diaryl/α,β-unsaturated/α-hetero) is 1. The van der Waals surface area contributed by atoms with Crippen molar-refractivity contribution in [2.75, 3.05) is 33.7 Å². The van der Waals surface area contributed by atoms with Crippen molar-refractivity contribution in [3.8, 4) is 0 Å². The molecular formula is C15H20ClFN2O. The van der Waals surface area contributed by atoms with Crippen LogP contribution in [0.4, 0.5) is 4.39 Å². The minimum atomic E-state index is -0.368. The van der Waals surface area contributed by atoms with Crippen LogP contribution in [0, 0.1) is 5.82 Å². The zero-order valence-electron chi connectivity index (χ0n) is 11.9. The van der Waals surface area contributed by atoms with Gasteiger partial charge >= 0.3 is 0 Å². The van der Waals surface area contributed by atoms with E-state index in [4.69, 9.17) is 11.6 Å². The topological polar surface area (TPSA) is 23.6 Å². The van der Waals surface area contributed by atoms with Crippen LogP contribution in [0.5, 0.6) is 0 Å². The molecular weight excluding hydrogens is 279 g/mol. The number of hydrogen-bond donors (Lipinski definition) is 0. The molecule has 1 aliphatic heterocycles. The molecule has 1 aromatic carbocycles. The third kappa shape index (κ3) is 3.78. The number of carbonyl (C=O) groups is 1. The van der Waals surface area contributed by atoms with Gasteiger partial charge in [-0.15, -0.1) is 0 Å². The van der Waals surface area contributed by atoms with Crippen LogP contribution in [-0.4, -0.2) is 55.4 Å². The third-order valence-corrected chi connectivity index (χ3v) is 4.05. The van der Waals surface area contributed by atoms with Crippen molar-refractivity contribution in [3.05, 3.63) is 34.6 Å². The lowest BCUT2D eigenvalue weighted by atomic mass is 10.0. The van der Waals surface area contributed by atoms with Crippen molar-refractivity contribution < 1.29 is 9.18 Å². The highest BCUT2D eigenvalue weighted by Gasteiger charge is 2.27. The van der Waals surface area contributed by atoms with Crippen molar-refractivity contribution >= 4 is 17.4 Å². The first-order valence-electron chi connectivity index (χ1n) is 6.83. The molecule has 1 saturated heterocycles. The van der Waals surface area contributed by atoms with E-state index in [0.717, 1.165) is 19.5 Å². The number of rotatable bonds is 3. The van der Waals surface area contributed by atoms with E-state index in [2.05, 4.69) is 9.80 Å². The Labute approximate surface area is 124 Å². The van der Waals surface area contributed by atoms with Gasteiger partial charge in [-0.3, -0.25) is 9.69 Å². The molecule has 110 valence electrons. The molecule has 1 unspecified atom stereocenters. The SMILES string of the molecule is CN1CCCN(C)C(C(=O)Cc2cc(Cl)ccc2F)C1. The molecule has 1 fully saturated rings. The summed E-state index contributed by atoms with van der Waals surface area (Å²) in [5.74, 6) is -0.324. The molecule has 1 aromatic rings. The van der Waals surface area contributed by atoms with Crippen LogP contribution in [0.1, 0.15) is 12.0 Å². The summed E-state index contributed by atoms with van der Waals surface area (Å²) in [5.41, 5.74) is 0.378. The number of benzene rings is 1. The molecule has 0 aliphatic carbocycles. The fraction of sp³-hybridized carbons (Fsp3) is 0.533. The van der Waals surface area contributed by atoms with Gasteiger partial charge in [0.2, 0.25) is 0 Å². The molecule has 5 heteroatoms. The summed E-state index contributed by atoms with van der Waals surface area (Å²) in [5, 5.41) is 0.459. The van der Waals surface area contributed by atoms with Crippen molar-refractivity contribution in [2.45, 2.75) is 18.9 Å². The molecule has 0 spiro atoms. The molecule has 0 bridgehead atoms. The summed E-state index contributed by atoms with van der Waals surface area (Å²) in [6.07, 6.45) is 1.14. The summed E-state index contributed by atoms with van der Waals surface area (Å²) in [7, 11) is 3.97.